The third kappa shape index (κ3) is 4.27. The molecule has 0 spiro atoms. The van der Waals surface area contributed by atoms with Crippen LogP contribution in [0.2, 0.25) is 0 Å². The minimum absolute atomic E-state index is 0.162. The Morgan fingerprint density at radius 1 is 1.26 bits per heavy atom. The Bertz CT molecular complexity index is 948. The topological polar surface area (TPSA) is 58.2 Å². The third-order valence-electron chi connectivity index (χ3n) is 4.77. The van der Waals surface area contributed by atoms with Crippen LogP contribution in [0.15, 0.2) is 47.6 Å². The van der Waals surface area contributed by atoms with Crippen molar-refractivity contribution in [2.45, 2.75) is 37.5 Å². The summed E-state index contributed by atoms with van der Waals surface area (Å²) in [6, 6.07) is 14.4. The first-order valence-corrected chi connectivity index (χ1v) is 10.1. The molecule has 0 radical (unpaired) electrons. The van der Waals surface area contributed by atoms with Gasteiger partial charge in [0.25, 0.3) is 0 Å². The number of methoxy groups -OCH3 is 1. The number of H-pyrrole nitrogens is 1. The quantitative estimate of drug-likeness (QED) is 0.624. The van der Waals surface area contributed by atoms with Crippen LogP contribution in [0.5, 0.6) is 5.75 Å². The fourth-order valence-corrected chi connectivity index (χ4v) is 3.89. The maximum absolute atomic E-state index is 12.8. The molecule has 2 aromatic carbocycles. The average molecular weight is 382 g/mol. The van der Waals surface area contributed by atoms with E-state index in [9.17, 15) is 4.79 Å². The van der Waals surface area contributed by atoms with Crippen LogP contribution in [-0.2, 0) is 11.3 Å². The monoisotopic (exact) mass is 381 g/mol. The van der Waals surface area contributed by atoms with Gasteiger partial charge in [-0.25, -0.2) is 4.98 Å². The molecular weight excluding hydrogens is 358 g/mol. The molecule has 1 aromatic heterocycles. The van der Waals surface area contributed by atoms with Gasteiger partial charge < -0.3 is 14.6 Å². The Hall–Kier alpha value is -2.47. The standard InChI is InChI=1S/C21H23N3O2S/c1-14-3-10-18-19(11-14)23-21(22-18)27-13-20(25)24(16-6-7-16)12-15-4-8-17(26-2)9-5-15/h3-5,8-11,16H,6-7,12-13H2,1-2H3,(H,22,23). The van der Waals surface area contributed by atoms with Crippen molar-refractivity contribution in [1.82, 2.24) is 14.9 Å². The number of aromatic amines is 1. The Kier molecular flexibility index (Phi) is 5.07. The summed E-state index contributed by atoms with van der Waals surface area (Å²) in [6.45, 7) is 2.71. The van der Waals surface area contributed by atoms with Crippen molar-refractivity contribution in [3.8, 4) is 5.75 Å². The zero-order chi connectivity index (χ0) is 18.8. The van der Waals surface area contributed by atoms with Gasteiger partial charge in [-0.1, -0.05) is 30.0 Å². The number of imidazole rings is 1. The Labute approximate surface area is 163 Å². The molecule has 1 saturated carbocycles. The van der Waals surface area contributed by atoms with E-state index in [-0.39, 0.29) is 5.91 Å². The normalized spacial score (nSPS) is 13.7. The van der Waals surface area contributed by atoms with Crippen molar-refractivity contribution < 1.29 is 9.53 Å². The third-order valence-corrected chi connectivity index (χ3v) is 5.63. The predicted octanol–water partition coefficient (Wildman–Crippen LogP) is 4.16. The molecule has 1 heterocycles. The van der Waals surface area contributed by atoms with Crippen LogP contribution in [0.4, 0.5) is 0 Å². The molecule has 0 unspecified atom stereocenters. The molecule has 3 aromatic rings. The van der Waals surface area contributed by atoms with Crippen LogP contribution >= 0.6 is 11.8 Å². The lowest BCUT2D eigenvalue weighted by molar-refractivity contribution is -0.129. The Morgan fingerprint density at radius 2 is 2.04 bits per heavy atom. The van der Waals surface area contributed by atoms with E-state index in [1.165, 1.54) is 17.3 Å². The van der Waals surface area contributed by atoms with Gasteiger partial charge in [0, 0.05) is 12.6 Å². The van der Waals surface area contributed by atoms with Crippen LogP contribution in [-0.4, -0.2) is 39.7 Å². The lowest BCUT2D eigenvalue weighted by Gasteiger charge is -2.22. The highest BCUT2D eigenvalue weighted by Crippen LogP contribution is 2.30. The van der Waals surface area contributed by atoms with Crippen molar-refractivity contribution in [1.29, 1.82) is 0 Å². The van der Waals surface area contributed by atoms with E-state index in [1.54, 1.807) is 7.11 Å². The SMILES string of the molecule is COc1ccc(CN(C(=O)CSc2nc3ccc(C)cc3[nH]2)C2CC2)cc1. The highest BCUT2D eigenvalue weighted by molar-refractivity contribution is 7.99. The molecule has 0 atom stereocenters. The highest BCUT2D eigenvalue weighted by atomic mass is 32.2. The van der Waals surface area contributed by atoms with Gasteiger partial charge in [0.05, 0.1) is 23.9 Å². The molecule has 4 rings (SSSR count). The molecule has 27 heavy (non-hydrogen) atoms. The van der Waals surface area contributed by atoms with E-state index in [4.69, 9.17) is 4.74 Å². The summed E-state index contributed by atoms with van der Waals surface area (Å²) < 4.78 is 5.21. The first kappa shape index (κ1) is 17.9. The van der Waals surface area contributed by atoms with Crippen molar-refractivity contribution in [2.24, 2.45) is 0 Å². The smallest absolute Gasteiger partial charge is 0.233 e. The Balaban J connectivity index is 1.40. The maximum atomic E-state index is 12.8. The van der Waals surface area contributed by atoms with E-state index in [1.807, 2.05) is 41.3 Å². The second-order valence-corrected chi connectivity index (χ2v) is 7.92. The fraction of sp³-hybridized carbons (Fsp3) is 0.333. The summed E-state index contributed by atoms with van der Waals surface area (Å²) in [6.07, 6.45) is 2.19. The van der Waals surface area contributed by atoms with E-state index in [0.717, 1.165) is 40.3 Å². The van der Waals surface area contributed by atoms with Gasteiger partial charge in [0.2, 0.25) is 5.91 Å². The summed E-state index contributed by atoms with van der Waals surface area (Å²) >= 11 is 1.47. The molecule has 0 saturated heterocycles. The molecule has 1 aliphatic carbocycles. The molecule has 0 bridgehead atoms. The van der Waals surface area contributed by atoms with Crippen molar-refractivity contribution in [3.63, 3.8) is 0 Å². The fourth-order valence-electron chi connectivity index (χ4n) is 3.12. The number of ether oxygens (including phenoxy) is 1. The predicted molar refractivity (Wildman–Crippen MR) is 108 cm³/mol. The second-order valence-electron chi connectivity index (χ2n) is 6.95. The first-order chi connectivity index (χ1) is 13.1. The number of hydrogen-bond acceptors (Lipinski definition) is 4. The number of carbonyl (C=O) groups is 1. The molecule has 1 fully saturated rings. The van der Waals surface area contributed by atoms with E-state index < -0.39 is 0 Å². The van der Waals surface area contributed by atoms with E-state index in [2.05, 4.69) is 23.0 Å². The number of hydrogen-bond donors (Lipinski definition) is 1. The average Bonchev–Trinajstić information content (AvgIpc) is 3.44. The zero-order valence-corrected chi connectivity index (χ0v) is 16.4. The van der Waals surface area contributed by atoms with Crippen LogP contribution in [0.25, 0.3) is 11.0 Å². The van der Waals surface area contributed by atoms with Crippen LogP contribution in [0, 0.1) is 6.92 Å². The highest BCUT2D eigenvalue weighted by Gasteiger charge is 2.32. The molecule has 1 amide bonds. The molecule has 0 aliphatic heterocycles. The van der Waals surface area contributed by atoms with E-state index >= 15 is 0 Å². The van der Waals surface area contributed by atoms with Gasteiger partial charge in [-0.15, -0.1) is 0 Å². The number of nitrogens with one attached hydrogen (secondary N) is 1. The van der Waals surface area contributed by atoms with E-state index in [0.29, 0.717) is 18.3 Å². The number of rotatable bonds is 7. The first-order valence-electron chi connectivity index (χ1n) is 9.14. The molecule has 1 N–H and O–H groups in total. The summed E-state index contributed by atoms with van der Waals surface area (Å²) in [5, 5.41) is 0.796. The molecule has 1 aliphatic rings. The number of fused-ring (bicyclic) bond motifs is 1. The van der Waals surface area contributed by atoms with Crippen LogP contribution in [0.3, 0.4) is 0 Å². The number of carbonyl (C=O) groups excluding carboxylic acids is 1. The lowest BCUT2D eigenvalue weighted by Crippen LogP contribution is -2.34. The van der Waals surface area contributed by atoms with Crippen LogP contribution in [0.1, 0.15) is 24.0 Å². The minimum Gasteiger partial charge on any atom is -0.497 e. The number of benzene rings is 2. The second kappa shape index (κ2) is 7.64. The zero-order valence-electron chi connectivity index (χ0n) is 15.6. The maximum Gasteiger partial charge on any atom is 0.233 e. The molecular formula is C21H23N3O2S. The van der Waals surface area contributed by atoms with Gasteiger partial charge in [0.1, 0.15) is 5.75 Å². The van der Waals surface area contributed by atoms with Crippen molar-refractivity contribution in [2.75, 3.05) is 12.9 Å². The summed E-state index contributed by atoms with van der Waals surface area (Å²) in [5.41, 5.74) is 4.27. The van der Waals surface area contributed by atoms with Crippen molar-refractivity contribution >= 4 is 28.7 Å². The number of aryl methyl sites for hydroxylation is 1. The van der Waals surface area contributed by atoms with Crippen molar-refractivity contribution in [3.05, 3.63) is 53.6 Å². The van der Waals surface area contributed by atoms with Gasteiger partial charge in [-0.05, 0) is 55.2 Å². The van der Waals surface area contributed by atoms with Gasteiger partial charge >= 0.3 is 0 Å². The summed E-state index contributed by atoms with van der Waals surface area (Å²) in [7, 11) is 1.66. The minimum atomic E-state index is 0.162. The number of aromatic nitrogens is 2. The largest absolute Gasteiger partial charge is 0.497 e. The Morgan fingerprint density at radius 3 is 2.74 bits per heavy atom. The van der Waals surface area contributed by atoms with Gasteiger partial charge in [-0.2, -0.15) is 0 Å². The molecule has 5 nitrogen and oxygen atoms in total. The number of amides is 1. The lowest BCUT2D eigenvalue weighted by atomic mass is 10.2. The van der Waals surface area contributed by atoms with Crippen LogP contribution < -0.4 is 4.74 Å². The number of thioether (sulfide) groups is 1. The summed E-state index contributed by atoms with van der Waals surface area (Å²) in [5.74, 6) is 1.39. The summed E-state index contributed by atoms with van der Waals surface area (Å²) in [4.78, 5) is 22.7. The molecule has 140 valence electrons. The van der Waals surface area contributed by atoms with Gasteiger partial charge in [0.15, 0.2) is 5.16 Å². The van der Waals surface area contributed by atoms with Gasteiger partial charge in [-0.3, -0.25) is 4.79 Å². The number of nitrogens with zero attached hydrogens (tertiary/aromatic N) is 2. The molecule has 6 heteroatoms.